The van der Waals surface area contributed by atoms with Crippen molar-refractivity contribution in [2.45, 2.75) is 12.8 Å². The summed E-state index contributed by atoms with van der Waals surface area (Å²) in [5.74, 6) is -0.143. The lowest BCUT2D eigenvalue weighted by atomic mass is 10.2. The second-order valence-corrected chi connectivity index (χ2v) is 3.70. The summed E-state index contributed by atoms with van der Waals surface area (Å²) in [7, 11) is 0. The number of aromatic nitrogens is 1. The maximum atomic E-state index is 11.5. The van der Waals surface area contributed by atoms with Crippen LogP contribution in [0.25, 0.3) is 0 Å². The molecule has 0 fully saturated rings. The Morgan fingerprint density at radius 1 is 1.67 bits per heavy atom. The van der Waals surface area contributed by atoms with E-state index in [9.17, 15) is 4.79 Å². The molecule has 5 heteroatoms. The molecule has 0 aliphatic carbocycles. The molecule has 0 saturated heterocycles. The van der Waals surface area contributed by atoms with Crippen LogP contribution in [0.4, 0.5) is 0 Å². The molecule has 1 N–H and O–H groups in total. The largest absolute Gasteiger partial charge is 0.352 e. The highest BCUT2D eigenvalue weighted by atomic mass is 79.9. The van der Waals surface area contributed by atoms with E-state index in [1.807, 2.05) is 6.07 Å². The average Bonchev–Trinajstić information content (AvgIpc) is 2.24. The van der Waals surface area contributed by atoms with E-state index < -0.39 is 0 Å². The summed E-state index contributed by atoms with van der Waals surface area (Å²) in [6.45, 7) is 0.520. The van der Waals surface area contributed by atoms with Gasteiger partial charge in [0.2, 0.25) is 0 Å². The summed E-state index contributed by atoms with van der Waals surface area (Å²) in [5.41, 5.74) is 0.564. The van der Waals surface area contributed by atoms with Crippen LogP contribution in [-0.4, -0.2) is 17.4 Å². The maximum absolute atomic E-state index is 11.5. The number of hydrogen-bond acceptors (Lipinski definition) is 3. The lowest BCUT2D eigenvalue weighted by Crippen LogP contribution is -2.24. The monoisotopic (exact) mass is 267 g/mol. The third kappa shape index (κ3) is 4.09. The van der Waals surface area contributed by atoms with Crippen LogP contribution in [0.1, 0.15) is 23.2 Å². The molecule has 1 amide bonds. The molecular weight excluding hydrogens is 258 g/mol. The van der Waals surface area contributed by atoms with Gasteiger partial charge in [-0.1, -0.05) is 0 Å². The minimum atomic E-state index is -0.143. The second kappa shape index (κ2) is 6.14. The molecule has 1 aromatic rings. The summed E-state index contributed by atoms with van der Waals surface area (Å²) in [4.78, 5) is 15.4. The Morgan fingerprint density at radius 2 is 2.47 bits per heavy atom. The summed E-state index contributed by atoms with van der Waals surface area (Å²) >= 11 is 3.19. The Morgan fingerprint density at radius 3 is 3.13 bits per heavy atom. The van der Waals surface area contributed by atoms with Crippen molar-refractivity contribution in [1.29, 1.82) is 5.26 Å². The fraction of sp³-hybridized carbons (Fsp3) is 0.300. The molecule has 0 radical (unpaired) electrons. The van der Waals surface area contributed by atoms with Gasteiger partial charge in [0.05, 0.1) is 6.07 Å². The Bertz CT molecular complexity index is 386. The van der Waals surface area contributed by atoms with E-state index in [4.69, 9.17) is 5.26 Å². The third-order valence-electron chi connectivity index (χ3n) is 1.74. The number of carbonyl (C=O) groups is 1. The van der Waals surface area contributed by atoms with Crippen molar-refractivity contribution in [2.24, 2.45) is 0 Å². The molecule has 0 aliphatic rings. The fourth-order valence-corrected chi connectivity index (χ4v) is 1.38. The summed E-state index contributed by atoms with van der Waals surface area (Å²) in [5, 5.41) is 11.0. The molecule has 1 rings (SSSR count). The van der Waals surface area contributed by atoms with Crippen molar-refractivity contribution in [1.82, 2.24) is 10.3 Å². The van der Waals surface area contributed by atoms with Crippen molar-refractivity contribution in [2.75, 3.05) is 6.54 Å². The molecule has 0 spiro atoms. The number of carbonyl (C=O) groups excluding carboxylic acids is 1. The van der Waals surface area contributed by atoms with Crippen LogP contribution < -0.4 is 5.32 Å². The van der Waals surface area contributed by atoms with Gasteiger partial charge in [-0.2, -0.15) is 5.26 Å². The molecule has 0 unspecified atom stereocenters. The molecule has 1 aromatic heterocycles. The van der Waals surface area contributed by atoms with Gasteiger partial charge >= 0.3 is 0 Å². The fourth-order valence-electron chi connectivity index (χ4n) is 1.02. The standard InChI is InChI=1S/C10H10BrN3O/c11-9-7-8(3-6-13-9)10(15)14-5-2-1-4-12/h3,6-7H,1-2,5H2,(H,14,15). The molecule has 4 nitrogen and oxygen atoms in total. The van der Waals surface area contributed by atoms with Gasteiger partial charge in [0.15, 0.2) is 0 Å². The van der Waals surface area contributed by atoms with Crippen LogP contribution in [0.2, 0.25) is 0 Å². The Hall–Kier alpha value is -1.41. The van der Waals surface area contributed by atoms with Gasteiger partial charge < -0.3 is 5.32 Å². The Balaban J connectivity index is 2.44. The van der Waals surface area contributed by atoms with Crippen LogP contribution in [0, 0.1) is 11.3 Å². The first kappa shape index (κ1) is 11.7. The Labute approximate surface area is 96.4 Å². The normalized spacial score (nSPS) is 9.33. The molecule has 1 heterocycles. The molecule has 78 valence electrons. The highest BCUT2D eigenvalue weighted by Crippen LogP contribution is 2.07. The predicted octanol–water partition coefficient (Wildman–Crippen LogP) is 1.88. The number of amides is 1. The van der Waals surface area contributed by atoms with Crippen LogP contribution >= 0.6 is 15.9 Å². The first-order valence-electron chi connectivity index (χ1n) is 4.50. The smallest absolute Gasteiger partial charge is 0.251 e. The molecule has 0 saturated carbocycles. The number of nitrogens with one attached hydrogen (secondary N) is 1. The van der Waals surface area contributed by atoms with Gasteiger partial charge in [-0.3, -0.25) is 4.79 Å². The number of nitrogens with zero attached hydrogens (tertiary/aromatic N) is 2. The zero-order valence-corrected chi connectivity index (χ0v) is 9.62. The van der Waals surface area contributed by atoms with Crippen LogP contribution in [0.5, 0.6) is 0 Å². The summed E-state index contributed by atoms with van der Waals surface area (Å²) in [6.07, 6.45) is 2.70. The van der Waals surface area contributed by atoms with E-state index in [0.717, 1.165) is 0 Å². The highest BCUT2D eigenvalue weighted by molar-refractivity contribution is 9.10. The quantitative estimate of drug-likeness (QED) is 0.669. The molecule has 0 atom stereocenters. The zero-order valence-electron chi connectivity index (χ0n) is 8.03. The first-order valence-corrected chi connectivity index (χ1v) is 5.30. The van der Waals surface area contributed by atoms with Gasteiger partial charge in [-0.05, 0) is 34.5 Å². The number of hydrogen-bond donors (Lipinski definition) is 1. The highest BCUT2D eigenvalue weighted by Gasteiger charge is 2.04. The predicted molar refractivity (Wildman–Crippen MR) is 59.1 cm³/mol. The van der Waals surface area contributed by atoms with Gasteiger partial charge in [0.1, 0.15) is 4.60 Å². The second-order valence-electron chi connectivity index (χ2n) is 2.88. The topological polar surface area (TPSA) is 65.8 Å². The van der Waals surface area contributed by atoms with E-state index in [1.165, 1.54) is 0 Å². The summed E-state index contributed by atoms with van der Waals surface area (Å²) < 4.78 is 0.632. The molecule has 0 bridgehead atoms. The van der Waals surface area contributed by atoms with Crippen molar-refractivity contribution in [3.05, 3.63) is 28.5 Å². The van der Waals surface area contributed by atoms with E-state index in [-0.39, 0.29) is 5.91 Å². The van der Waals surface area contributed by atoms with Gasteiger partial charge in [0, 0.05) is 24.7 Å². The first-order chi connectivity index (χ1) is 7.24. The average molecular weight is 268 g/mol. The summed E-state index contributed by atoms with van der Waals surface area (Å²) in [6, 6.07) is 5.32. The van der Waals surface area contributed by atoms with E-state index in [0.29, 0.717) is 29.6 Å². The maximum Gasteiger partial charge on any atom is 0.251 e. The van der Waals surface area contributed by atoms with Crippen molar-refractivity contribution >= 4 is 21.8 Å². The molecule has 0 aromatic carbocycles. The number of rotatable bonds is 4. The van der Waals surface area contributed by atoms with Crippen molar-refractivity contribution < 1.29 is 4.79 Å². The van der Waals surface area contributed by atoms with E-state index in [1.54, 1.807) is 18.3 Å². The van der Waals surface area contributed by atoms with Crippen LogP contribution in [-0.2, 0) is 0 Å². The SMILES string of the molecule is N#CCCCNC(=O)c1ccnc(Br)c1. The van der Waals surface area contributed by atoms with E-state index in [2.05, 4.69) is 26.2 Å². The lowest BCUT2D eigenvalue weighted by Gasteiger charge is -2.03. The van der Waals surface area contributed by atoms with Crippen molar-refractivity contribution in [3.63, 3.8) is 0 Å². The molecule has 15 heavy (non-hydrogen) atoms. The number of unbranched alkanes of at least 4 members (excludes halogenated alkanes) is 1. The number of pyridine rings is 1. The Kier molecular flexibility index (Phi) is 4.78. The minimum Gasteiger partial charge on any atom is -0.352 e. The molecule has 0 aliphatic heterocycles. The van der Waals surface area contributed by atoms with Gasteiger partial charge in [-0.15, -0.1) is 0 Å². The number of nitriles is 1. The zero-order chi connectivity index (χ0) is 11.1. The minimum absolute atomic E-state index is 0.143. The van der Waals surface area contributed by atoms with Crippen LogP contribution in [0.3, 0.4) is 0 Å². The number of halogens is 1. The third-order valence-corrected chi connectivity index (χ3v) is 2.17. The van der Waals surface area contributed by atoms with E-state index >= 15 is 0 Å². The van der Waals surface area contributed by atoms with Gasteiger partial charge in [0.25, 0.3) is 5.91 Å². The van der Waals surface area contributed by atoms with Crippen molar-refractivity contribution in [3.8, 4) is 6.07 Å². The lowest BCUT2D eigenvalue weighted by molar-refractivity contribution is 0.0953. The van der Waals surface area contributed by atoms with Crippen LogP contribution in [0.15, 0.2) is 22.9 Å². The molecular formula is C10H10BrN3O. The van der Waals surface area contributed by atoms with Gasteiger partial charge in [-0.25, -0.2) is 4.98 Å².